The fraction of sp³-hybridized carbons (Fsp3) is 0.478. The van der Waals surface area contributed by atoms with Gasteiger partial charge in [-0.05, 0) is 36.6 Å². The van der Waals surface area contributed by atoms with Crippen molar-refractivity contribution in [3.05, 3.63) is 48.0 Å². The van der Waals surface area contributed by atoms with Crippen LogP contribution in [0.4, 0.5) is 0 Å². The van der Waals surface area contributed by atoms with Crippen LogP contribution in [0.1, 0.15) is 70.3 Å². The Morgan fingerprint density at radius 1 is 0.828 bits per heavy atom. The van der Waals surface area contributed by atoms with Crippen molar-refractivity contribution >= 4 is 10.1 Å². The number of phenols is 1. The third-order valence-electron chi connectivity index (χ3n) is 4.94. The standard InChI is InChI=1S/C23H32O5S/c1-2-3-4-5-6-7-8-9-11-14-19-17-18-21(24)23(29(25,26)27)22(19)28-20-15-12-10-13-16-20/h10,12-13,15-18,24H,2-9,11,14H2,1H3,(H,25,26,27). The average Bonchev–Trinajstić information content (AvgIpc) is 2.68. The Hall–Kier alpha value is -2.05. The van der Waals surface area contributed by atoms with E-state index in [4.69, 9.17) is 4.74 Å². The van der Waals surface area contributed by atoms with Gasteiger partial charge in [0, 0.05) is 0 Å². The quantitative estimate of drug-likeness (QED) is 0.285. The number of hydrogen-bond donors (Lipinski definition) is 2. The van der Waals surface area contributed by atoms with E-state index in [1.807, 2.05) is 6.07 Å². The van der Waals surface area contributed by atoms with Gasteiger partial charge in [0.2, 0.25) is 0 Å². The molecule has 0 aliphatic heterocycles. The van der Waals surface area contributed by atoms with E-state index in [1.54, 1.807) is 30.3 Å². The maximum atomic E-state index is 11.9. The van der Waals surface area contributed by atoms with E-state index >= 15 is 0 Å². The third kappa shape index (κ3) is 7.71. The van der Waals surface area contributed by atoms with Crippen LogP contribution in [-0.2, 0) is 16.5 Å². The molecule has 0 spiro atoms. The number of para-hydroxylation sites is 1. The summed E-state index contributed by atoms with van der Waals surface area (Å²) in [4.78, 5) is -0.574. The van der Waals surface area contributed by atoms with Crippen LogP contribution in [-0.4, -0.2) is 18.1 Å². The van der Waals surface area contributed by atoms with Gasteiger partial charge in [-0.3, -0.25) is 4.55 Å². The fourth-order valence-corrected chi connectivity index (χ4v) is 4.12. The molecule has 0 atom stereocenters. The van der Waals surface area contributed by atoms with Crippen molar-refractivity contribution in [1.82, 2.24) is 0 Å². The number of hydrogen-bond acceptors (Lipinski definition) is 4. The van der Waals surface area contributed by atoms with Gasteiger partial charge in [-0.2, -0.15) is 8.42 Å². The third-order valence-corrected chi connectivity index (χ3v) is 5.85. The van der Waals surface area contributed by atoms with E-state index < -0.39 is 20.8 Å². The average molecular weight is 421 g/mol. The molecule has 0 aliphatic rings. The predicted octanol–water partition coefficient (Wildman–Crippen LogP) is 6.50. The van der Waals surface area contributed by atoms with Gasteiger partial charge < -0.3 is 9.84 Å². The molecule has 6 heteroatoms. The Labute approximate surface area is 174 Å². The predicted molar refractivity (Wildman–Crippen MR) is 115 cm³/mol. The van der Waals surface area contributed by atoms with Gasteiger partial charge in [0.25, 0.3) is 0 Å². The molecule has 0 aromatic heterocycles. The molecule has 0 bridgehead atoms. The number of phenolic OH excluding ortho intramolecular Hbond substituents is 1. The van der Waals surface area contributed by atoms with Crippen molar-refractivity contribution in [3.63, 3.8) is 0 Å². The summed E-state index contributed by atoms with van der Waals surface area (Å²) in [6, 6.07) is 11.7. The molecule has 5 nitrogen and oxygen atoms in total. The van der Waals surface area contributed by atoms with Crippen LogP contribution in [0.25, 0.3) is 0 Å². The Balaban J connectivity index is 2.03. The molecule has 160 valence electrons. The Morgan fingerprint density at radius 2 is 1.41 bits per heavy atom. The molecule has 2 aromatic carbocycles. The zero-order valence-corrected chi connectivity index (χ0v) is 18.0. The van der Waals surface area contributed by atoms with Gasteiger partial charge in [0.1, 0.15) is 11.5 Å². The molecular formula is C23H32O5S. The smallest absolute Gasteiger partial charge is 0.301 e. The summed E-state index contributed by atoms with van der Waals surface area (Å²) in [6.07, 6.45) is 11.3. The highest BCUT2D eigenvalue weighted by Gasteiger charge is 2.25. The van der Waals surface area contributed by atoms with Crippen LogP contribution in [0.15, 0.2) is 47.4 Å². The molecule has 0 unspecified atom stereocenters. The van der Waals surface area contributed by atoms with Gasteiger partial charge in [-0.1, -0.05) is 82.6 Å². The first-order valence-corrected chi connectivity index (χ1v) is 11.9. The number of benzene rings is 2. The number of aromatic hydroxyl groups is 1. The summed E-state index contributed by atoms with van der Waals surface area (Å²) in [5.74, 6) is -0.0798. The summed E-state index contributed by atoms with van der Waals surface area (Å²) in [7, 11) is -4.63. The van der Waals surface area contributed by atoms with Gasteiger partial charge in [0.05, 0.1) is 0 Å². The first-order valence-electron chi connectivity index (χ1n) is 10.5. The summed E-state index contributed by atoms with van der Waals surface area (Å²) in [6.45, 7) is 2.21. The first kappa shape index (κ1) is 23.2. The van der Waals surface area contributed by atoms with Crippen LogP contribution in [0, 0.1) is 0 Å². The number of unbranched alkanes of at least 4 members (excludes halogenated alkanes) is 8. The summed E-state index contributed by atoms with van der Waals surface area (Å²) < 4.78 is 39.1. The lowest BCUT2D eigenvalue weighted by Crippen LogP contribution is -2.04. The lowest BCUT2D eigenvalue weighted by Gasteiger charge is -2.15. The molecule has 2 N–H and O–H groups in total. The SMILES string of the molecule is CCCCCCCCCCCc1ccc(O)c(S(=O)(=O)O)c1Oc1ccccc1. The molecule has 2 aromatic rings. The molecule has 0 saturated carbocycles. The molecule has 0 heterocycles. The van der Waals surface area contributed by atoms with Crippen LogP contribution in [0.3, 0.4) is 0 Å². The Kier molecular flexibility index (Phi) is 9.48. The zero-order valence-electron chi connectivity index (χ0n) is 17.1. The Bertz CT molecular complexity index is 847. The summed E-state index contributed by atoms with van der Waals surface area (Å²) in [5, 5.41) is 10.0. The summed E-state index contributed by atoms with van der Waals surface area (Å²) >= 11 is 0. The van der Waals surface area contributed by atoms with Gasteiger partial charge in [0.15, 0.2) is 10.6 Å². The second-order valence-corrected chi connectivity index (χ2v) is 8.73. The molecular weight excluding hydrogens is 388 g/mol. The van der Waals surface area contributed by atoms with Crippen molar-refractivity contribution in [1.29, 1.82) is 0 Å². The van der Waals surface area contributed by atoms with Crippen LogP contribution in [0.5, 0.6) is 17.2 Å². The van der Waals surface area contributed by atoms with Crippen LogP contribution < -0.4 is 4.74 Å². The normalized spacial score (nSPS) is 11.5. The highest BCUT2D eigenvalue weighted by Crippen LogP contribution is 2.39. The maximum Gasteiger partial charge on any atom is 0.301 e. The van der Waals surface area contributed by atoms with Crippen molar-refractivity contribution in [3.8, 4) is 17.2 Å². The van der Waals surface area contributed by atoms with Gasteiger partial charge >= 0.3 is 10.1 Å². The van der Waals surface area contributed by atoms with Crippen molar-refractivity contribution < 1.29 is 22.8 Å². The largest absolute Gasteiger partial charge is 0.506 e. The van der Waals surface area contributed by atoms with Crippen molar-refractivity contribution in [2.45, 2.75) is 76.0 Å². The maximum absolute atomic E-state index is 11.9. The second-order valence-electron chi connectivity index (χ2n) is 7.37. The number of aryl methyl sites for hydroxylation is 1. The van der Waals surface area contributed by atoms with E-state index in [-0.39, 0.29) is 5.75 Å². The lowest BCUT2D eigenvalue weighted by atomic mass is 10.0. The Morgan fingerprint density at radius 3 is 2.00 bits per heavy atom. The van der Waals surface area contributed by atoms with Gasteiger partial charge in [-0.25, -0.2) is 0 Å². The van der Waals surface area contributed by atoms with E-state index in [0.29, 0.717) is 17.7 Å². The molecule has 29 heavy (non-hydrogen) atoms. The van der Waals surface area contributed by atoms with E-state index in [1.165, 1.54) is 44.6 Å². The number of rotatable bonds is 13. The minimum atomic E-state index is -4.63. The van der Waals surface area contributed by atoms with E-state index in [0.717, 1.165) is 19.3 Å². The van der Waals surface area contributed by atoms with Crippen LogP contribution in [0.2, 0.25) is 0 Å². The van der Waals surface area contributed by atoms with Crippen molar-refractivity contribution in [2.24, 2.45) is 0 Å². The molecule has 0 saturated heterocycles. The minimum Gasteiger partial charge on any atom is -0.506 e. The second kappa shape index (κ2) is 11.8. The molecule has 0 radical (unpaired) electrons. The number of ether oxygens (including phenoxy) is 1. The highest BCUT2D eigenvalue weighted by atomic mass is 32.2. The first-order chi connectivity index (χ1) is 13.9. The summed E-state index contributed by atoms with van der Waals surface area (Å²) in [5.41, 5.74) is 0.655. The monoisotopic (exact) mass is 420 g/mol. The molecule has 2 rings (SSSR count). The molecule has 0 amide bonds. The van der Waals surface area contributed by atoms with Crippen molar-refractivity contribution in [2.75, 3.05) is 0 Å². The topological polar surface area (TPSA) is 83.8 Å². The van der Waals surface area contributed by atoms with Gasteiger partial charge in [-0.15, -0.1) is 0 Å². The molecule has 0 aliphatic carbocycles. The van der Waals surface area contributed by atoms with Crippen LogP contribution >= 0.6 is 0 Å². The molecule has 0 fully saturated rings. The highest BCUT2D eigenvalue weighted by molar-refractivity contribution is 7.86. The minimum absolute atomic E-state index is 0.00161. The lowest BCUT2D eigenvalue weighted by molar-refractivity contribution is 0.411. The van der Waals surface area contributed by atoms with E-state index in [9.17, 15) is 18.1 Å². The fourth-order valence-electron chi connectivity index (χ4n) is 3.38. The van der Waals surface area contributed by atoms with E-state index in [2.05, 4.69) is 6.92 Å². The zero-order chi connectivity index (χ0) is 21.1.